The van der Waals surface area contributed by atoms with Gasteiger partial charge in [-0.05, 0) is 60.9 Å². The molecule has 0 aliphatic carbocycles. The van der Waals surface area contributed by atoms with Gasteiger partial charge in [-0.2, -0.15) is 0 Å². The Morgan fingerprint density at radius 2 is 1.13 bits per heavy atom. The van der Waals surface area contributed by atoms with E-state index in [9.17, 15) is 9.59 Å². The fourth-order valence-corrected chi connectivity index (χ4v) is 9.54. The van der Waals surface area contributed by atoms with Crippen molar-refractivity contribution < 1.29 is 14.3 Å². The first-order valence-corrected chi connectivity index (χ1v) is 20.1. The summed E-state index contributed by atoms with van der Waals surface area (Å²) in [6, 6.07) is 52.7. The maximum absolute atomic E-state index is 14.5. The Morgan fingerprint density at radius 3 is 1.54 bits per heavy atom. The number of benzene rings is 5. The van der Waals surface area contributed by atoms with Gasteiger partial charge in [0.2, 0.25) is 5.91 Å². The van der Waals surface area contributed by atoms with Crippen molar-refractivity contribution in [3.05, 3.63) is 179 Å². The van der Waals surface area contributed by atoms with Crippen molar-refractivity contribution in [3.8, 4) is 0 Å². The van der Waals surface area contributed by atoms with Gasteiger partial charge in [-0.25, -0.2) is 4.79 Å². The molecular formula is C48H54N2O3S. The summed E-state index contributed by atoms with van der Waals surface area (Å²) in [5, 5.41) is -0.0283. The average Bonchev–Trinajstić information content (AvgIpc) is 3.58. The first kappa shape index (κ1) is 38.9. The highest BCUT2D eigenvalue weighted by Crippen LogP contribution is 2.53. The number of hydrogen-bond acceptors (Lipinski definition) is 4. The molecule has 5 nitrogen and oxygen atoms in total. The molecule has 0 unspecified atom stereocenters. The van der Waals surface area contributed by atoms with Crippen LogP contribution in [0.2, 0.25) is 0 Å². The molecule has 5 aromatic carbocycles. The molecule has 0 aromatic heterocycles. The molecule has 2 atom stereocenters. The molecule has 5 aromatic rings. The van der Waals surface area contributed by atoms with Crippen LogP contribution in [0.15, 0.2) is 152 Å². The lowest BCUT2D eigenvalue weighted by molar-refractivity contribution is -0.132. The SMILES string of the molecule is CC(C)CC(=O)N(CC(c1ccccc1)c1ccccc1)C[C@@H]1[C@H](SC(c2ccccc2)(c2ccccc2)c2ccccc2)CCN1C(=O)OC(C)(C)C. The van der Waals surface area contributed by atoms with Crippen LogP contribution in [0, 0.1) is 5.92 Å². The molecule has 0 radical (unpaired) electrons. The molecule has 1 heterocycles. The topological polar surface area (TPSA) is 49.9 Å². The first-order chi connectivity index (χ1) is 26.0. The predicted molar refractivity (Wildman–Crippen MR) is 223 cm³/mol. The molecule has 1 fully saturated rings. The van der Waals surface area contributed by atoms with Gasteiger partial charge in [-0.1, -0.05) is 166 Å². The van der Waals surface area contributed by atoms with Crippen LogP contribution in [0.4, 0.5) is 4.79 Å². The number of carbonyl (C=O) groups is 2. The Bertz CT molecular complexity index is 1780. The predicted octanol–water partition coefficient (Wildman–Crippen LogP) is 10.8. The third-order valence-corrected chi connectivity index (χ3v) is 12.0. The highest BCUT2D eigenvalue weighted by Gasteiger charge is 2.47. The monoisotopic (exact) mass is 738 g/mol. The van der Waals surface area contributed by atoms with Crippen LogP contribution >= 0.6 is 11.8 Å². The number of hydrogen-bond donors (Lipinski definition) is 0. The van der Waals surface area contributed by atoms with Gasteiger partial charge in [0.1, 0.15) is 5.60 Å². The van der Waals surface area contributed by atoms with Crippen molar-refractivity contribution in [2.75, 3.05) is 19.6 Å². The Labute approximate surface area is 326 Å². The molecular weight excluding hydrogens is 685 g/mol. The fraction of sp³-hybridized carbons (Fsp3) is 0.333. The number of carbonyl (C=O) groups excluding carboxylic acids is 2. The van der Waals surface area contributed by atoms with Gasteiger partial charge in [-0.3, -0.25) is 4.79 Å². The molecule has 0 saturated carbocycles. The summed E-state index contributed by atoms with van der Waals surface area (Å²) in [6.07, 6.45) is 0.852. The van der Waals surface area contributed by atoms with E-state index in [0.717, 1.165) is 17.5 Å². The molecule has 0 bridgehead atoms. The molecule has 0 N–H and O–H groups in total. The van der Waals surface area contributed by atoms with Gasteiger partial charge in [0.05, 0.1) is 10.8 Å². The van der Waals surface area contributed by atoms with Gasteiger partial charge < -0.3 is 14.5 Å². The smallest absolute Gasteiger partial charge is 0.410 e. The van der Waals surface area contributed by atoms with E-state index in [1.54, 1.807) is 0 Å². The highest BCUT2D eigenvalue weighted by molar-refractivity contribution is 8.01. The van der Waals surface area contributed by atoms with Gasteiger partial charge in [0.15, 0.2) is 0 Å². The van der Waals surface area contributed by atoms with E-state index in [4.69, 9.17) is 4.74 Å². The van der Waals surface area contributed by atoms with Crippen LogP contribution in [0.3, 0.4) is 0 Å². The molecule has 54 heavy (non-hydrogen) atoms. The first-order valence-electron chi connectivity index (χ1n) is 19.3. The quantitative estimate of drug-likeness (QED) is 0.113. The molecule has 1 aliphatic heterocycles. The molecule has 2 amide bonds. The summed E-state index contributed by atoms with van der Waals surface area (Å²) in [6.45, 7) is 11.4. The highest BCUT2D eigenvalue weighted by atomic mass is 32.2. The minimum Gasteiger partial charge on any atom is -0.444 e. The Balaban J connectivity index is 1.46. The molecule has 0 spiro atoms. The summed E-state index contributed by atoms with van der Waals surface area (Å²) < 4.78 is 5.50. The van der Waals surface area contributed by atoms with Gasteiger partial charge in [0, 0.05) is 37.2 Å². The van der Waals surface area contributed by atoms with Crippen molar-refractivity contribution in [1.29, 1.82) is 0 Å². The maximum atomic E-state index is 14.5. The molecule has 1 saturated heterocycles. The standard InChI is InChI=1S/C48H54N2O3S/c1-36(2)33-45(51)49(34-42(37-21-11-6-12-22-37)38-23-13-7-14-24-38)35-43-44(31-32-50(43)46(52)53-47(3,4)5)54-48(39-25-15-8-16-26-39,40-27-17-9-18-28-40)41-29-19-10-20-30-41/h6-30,36,42-44H,31-35H2,1-5H3/t43-,44-/m1/s1. The van der Waals surface area contributed by atoms with Crippen molar-refractivity contribution >= 4 is 23.8 Å². The van der Waals surface area contributed by atoms with Crippen LogP contribution in [0.1, 0.15) is 81.2 Å². The Hall–Kier alpha value is -4.81. The van der Waals surface area contributed by atoms with E-state index < -0.39 is 10.3 Å². The lowest BCUT2D eigenvalue weighted by Crippen LogP contribution is -2.51. The second-order valence-electron chi connectivity index (χ2n) is 15.7. The Morgan fingerprint density at radius 1 is 0.704 bits per heavy atom. The van der Waals surface area contributed by atoms with Crippen LogP contribution in [-0.4, -0.2) is 58.3 Å². The lowest BCUT2D eigenvalue weighted by atomic mass is 9.84. The van der Waals surface area contributed by atoms with E-state index in [-0.39, 0.29) is 35.1 Å². The zero-order valence-corrected chi connectivity index (χ0v) is 33.1. The van der Waals surface area contributed by atoms with E-state index in [1.165, 1.54) is 16.7 Å². The zero-order chi connectivity index (χ0) is 38.1. The number of rotatable bonds is 13. The van der Waals surface area contributed by atoms with E-state index in [0.29, 0.717) is 26.1 Å². The van der Waals surface area contributed by atoms with Crippen LogP contribution in [-0.2, 0) is 14.3 Å². The maximum Gasteiger partial charge on any atom is 0.410 e. The summed E-state index contributed by atoms with van der Waals surface area (Å²) in [5.74, 6) is 0.245. The van der Waals surface area contributed by atoms with Crippen molar-refractivity contribution in [3.63, 3.8) is 0 Å². The molecule has 280 valence electrons. The van der Waals surface area contributed by atoms with Gasteiger partial charge in [0.25, 0.3) is 0 Å². The Kier molecular flexibility index (Phi) is 12.6. The molecule has 6 heteroatoms. The van der Waals surface area contributed by atoms with E-state index >= 15 is 0 Å². The van der Waals surface area contributed by atoms with Gasteiger partial charge in [-0.15, -0.1) is 11.8 Å². The summed E-state index contributed by atoms with van der Waals surface area (Å²) in [5.41, 5.74) is 5.16. The number of thioether (sulfide) groups is 1. The fourth-order valence-electron chi connectivity index (χ4n) is 7.65. The number of likely N-dealkylation sites (tertiary alicyclic amines) is 1. The second kappa shape index (κ2) is 17.6. The van der Waals surface area contributed by atoms with Crippen LogP contribution in [0.5, 0.6) is 0 Å². The molecule has 6 rings (SSSR count). The van der Waals surface area contributed by atoms with E-state index in [2.05, 4.69) is 153 Å². The van der Waals surface area contributed by atoms with Crippen molar-refractivity contribution in [2.24, 2.45) is 5.92 Å². The number of nitrogens with zero attached hydrogens (tertiary/aromatic N) is 2. The number of ether oxygens (including phenoxy) is 1. The van der Waals surface area contributed by atoms with Crippen LogP contribution < -0.4 is 0 Å². The minimum atomic E-state index is -0.659. The normalized spacial score (nSPS) is 16.1. The molecule has 1 aliphatic rings. The third-order valence-electron chi connectivity index (χ3n) is 10.1. The largest absolute Gasteiger partial charge is 0.444 e. The summed E-state index contributed by atoms with van der Waals surface area (Å²) >= 11 is 1.90. The minimum absolute atomic E-state index is 0.0283. The van der Waals surface area contributed by atoms with Crippen molar-refractivity contribution in [2.45, 2.75) is 75.0 Å². The zero-order valence-electron chi connectivity index (χ0n) is 32.3. The second-order valence-corrected chi connectivity index (χ2v) is 17.2. The average molecular weight is 739 g/mol. The lowest BCUT2D eigenvalue weighted by Gasteiger charge is -2.41. The number of amides is 2. The third kappa shape index (κ3) is 9.27. The summed E-state index contributed by atoms with van der Waals surface area (Å²) in [7, 11) is 0. The van der Waals surface area contributed by atoms with E-state index in [1.807, 2.05) is 54.5 Å². The van der Waals surface area contributed by atoms with Crippen molar-refractivity contribution in [1.82, 2.24) is 9.80 Å². The summed E-state index contributed by atoms with van der Waals surface area (Å²) in [4.78, 5) is 32.6. The van der Waals surface area contributed by atoms with Crippen LogP contribution in [0.25, 0.3) is 0 Å². The van der Waals surface area contributed by atoms with Gasteiger partial charge >= 0.3 is 6.09 Å².